The number of hydrogen-bond donors (Lipinski definition) is 1. The van der Waals surface area contributed by atoms with Gasteiger partial charge in [-0.15, -0.1) is 0 Å². The average Bonchev–Trinajstić information content (AvgIpc) is 2.62. The van der Waals surface area contributed by atoms with Crippen molar-refractivity contribution in [1.29, 1.82) is 0 Å². The fourth-order valence-corrected chi connectivity index (χ4v) is 2.23. The van der Waals surface area contributed by atoms with Gasteiger partial charge in [0.15, 0.2) is 0 Å². The van der Waals surface area contributed by atoms with Crippen LogP contribution in [0.2, 0.25) is 0 Å². The summed E-state index contributed by atoms with van der Waals surface area (Å²) in [5, 5.41) is 2.63. The summed E-state index contributed by atoms with van der Waals surface area (Å²) in [7, 11) is 0. The number of rotatable bonds is 7. The summed E-state index contributed by atoms with van der Waals surface area (Å²) in [6, 6.07) is 16.8. The van der Waals surface area contributed by atoms with E-state index in [1.165, 1.54) is 0 Å². The maximum Gasteiger partial charge on any atom is 0.376 e. The van der Waals surface area contributed by atoms with Crippen LogP contribution in [0.3, 0.4) is 0 Å². The van der Waals surface area contributed by atoms with Gasteiger partial charge in [0.05, 0.1) is 6.61 Å². The number of carbonyl (C=O) groups is 3. The first kappa shape index (κ1) is 17.4. The SMILES string of the molecule is CCOC(=O)C(=O)C(Cc1ccccc1)NC(=O)c1ccccc1. The van der Waals surface area contributed by atoms with E-state index >= 15 is 0 Å². The van der Waals surface area contributed by atoms with Crippen LogP contribution in [0.4, 0.5) is 0 Å². The van der Waals surface area contributed by atoms with Gasteiger partial charge in [-0.2, -0.15) is 0 Å². The minimum atomic E-state index is -0.973. The zero-order valence-corrected chi connectivity index (χ0v) is 13.4. The van der Waals surface area contributed by atoms with Crippen molar-refractivity contribution >= 4 is 17.7 Å². The summed E-state index contributed by atoms with van der Waals surface area (Å²) >= 11 is 0. The molecule has 0 radical (unpaired) electrons. The molecule has 1 N–H and O–H groups in total. The quantitative estimate of drug-likeness (QED) is 0.625. The topological polar surface area (TPSA) is 72.5 Å². The van der Waals surface area contributed by atoms with Gasteiger partial charge in [0.2, 0.25) is 0 Å². The molecule has 0 heterocycles. The molecule has 1 unspecified atom stereocenters. The Morgan fingerprint density at radius 3 is 2.12 bits per heavy atom. The number of hydrogen-bond acceptors (Lipinski definition) is 4. The highest BCUT2D eigenvalue weighted by atomic mass is 16.5. The lowest BCUT2D eigenvalue weighted by Crippen LogP contribution is -2.45. The zero-order valence-electron chi connectivity index (χ0n) is 13.4. The number of Topliss-reactive ketones (excluding diaryl/α,β-unsaturated/α-hetero) is 1. The van der Waals surface area contributed by atoms with Crippen LogP contribution in [0.25, 0.3) is 0 Å². The first-order valence-electron chi connectivity index (χ1n) is 7.72. The van der Waals surface area contributed by atoms with Gasteiger partial charge in [0.1, 0.15) is 6.04 Å². The molecule has 0 aliphatic heterocycles. The van der Waals surface area contributed by atoms with Crippen molar-refractivity contribution in [2.24, 2.45) is 0 Å². The van der Waals surface area contributed by atoms with Crippen LogP contribution in [-0.2, 0) is 20.7 Å². The van der Waals surface area contributed by atoms with Crippen LogP contribution in [0.15, 0.2) is 60.7 Å². The van der Waals surface area contributed by atoms with Crippen molar-refractivity contribution < 1.29 is 19.1 Å². The van der Waals surface area contributed by atoms with E-state index in [2.05, 4.69) is 5.32 Å². The summed E-state index contributed by atoms with van der Waals surface area (Å²) in [5.41, 5.74) is 1.26. The smallest absolute Gasteiger partial charge is 0.376 e. The second-order valence-corrected chi connectivity index (χ2v) is 5.17. The van der Waals surface area contributed by atoms with E-state index in [0.29, 0.717) is 5.56 Å². The van der Waals surface area contributed by atoms with Crippen LogP contribution in [0.5, 0.6) is 0 Å². The molecule has 5 heteroatoms. The number of amides is 1. The van der Waals surface area contributed by atoms with Crippen LogP contribution < -0.4 is 5.32 Å². The predicted octanol–water partition coefficient (Wildman–Crippen LogP) is 2.16. The lowest BCUT2D eigenvalue weighted by atomic mass is 10.0. The molecule has 0 aromatic heterocycles. The number of nitrogens with one attached hydrogen (secondary N) is 1. The molecule has 0 spiro atoms. The van der Waals surface area contributed by atoms with Gasteiger partial charge in [-0.1, -0.05) is 48.5 Å². The molecule has 2 rings (SSSR count). The van der Waals surface area contributed by atoms with E-state index in [1.807, 2.05) is 30.3 Å². The van der Waals surface area contributed by atoms with Gasteiger partial charge < -0.3 is 10.1 Å². The summed E-state index contributed by atoms with van der Waals surface area (Å²) in [5.74, 6) is -2.11. The Morgan fingerprint density at radius 1 is 0.958 bits per heavy atom. The Balaban J connectivity index is 2.17. The third kappa shape index (κ3) is 4.78. The molecule has 1 atom stereocenters. The second kappa shape index (κ2) is 8.62. The van der Waals surface area contributed by atoms with Crippen LogP contribution in [0, 0.1) is 0 Å². The molecule has 0 aliphatic carbocycles. The standard InChI is InChI=1S/C19H19NO4/c1-2-24-19(23)17(21)16(13-14-9-5-3-6-10-14)20-18(22)15-11-7-4-8-12-15/h3-12,16H,2,13H2,1H3,(H,20,22). The molecule has 0 aliphatic rings. The minimum Gasteiger partial charge on any atom is -0.460 e. The fraction of sp³-hybridized carbons (Fsp3) is 0.211. The van der Waals surface area contributed by atoms with Crippen molar-refractivity contribution in [1.82, 2.24) is 5.32 Å². The number of ether oxygens (including phenoxy) is 1. The van der Waals surface area contributed by atoms with E-state index in [-0.39, 0.29) is 13.0 Å². The summed E-state index contributed by atoms with van der Waals surface area (Å²) in [6.45, 7) is 1.73. The molecule has 0 fully saturated rings. The molecule has 0 saturated heterocycles. The average molecular weight is 325 g/mol. The van der Waals surface area contributed by atoms with E-state index < -0.39 is 23.7 Å². The Kier molecular flexibility index (Phi) is 6.25. The van der Waals surface area contributed by atoms with E-state index in [0.717, 1.165) is 5.56 Å². The van der Waals surface area contributed by atoms with Gasteiger partial charge in [-0.3, -0.25) is 9.59 Å². The number of carbonyl (C=O) groups excluding carboxylic acids is 3. The highest BCUT2D eigenvalue weighted by Crippen LogP contribution is 2.07. The fourth-order valence-electron chi connectivity index (χ4n) is 2.23. The Morgan fingerprint density at radius 2 is 1.54 bits per heavy atom. The van der Waals surface area contributed by atoms with E-state index in [4.69, 9.17) is 4.74 Å². The Hall–Kier alpha value is -2.95. The van der Waals surface area contributed by atoms with Crippen molar-refractivity contribution in [3.63, 3.8) is 0 Å². The number of benzene rings is 2. The van der Waals surface area contributed by atoms with E-state index in [1.54, 1.807) is 37.3 Å². The zero-order chi connectivity index (χ0) is 17.4. The normalized spacial score (nSPS) is 11.4. The summed E-state index contributed by atoms with van der Waals surface area (Å²) < 4.78 is 4.77. The summed E-state index contributed by atoms with van der Waals surface area (Å²) in [4.78, 5) is 36.4. The summed E-state index contributed by atoms with van der Waals surface area (Å²) in [6.07, 6.45) is 0.219. The third-order valence-corrected chi connectivity index (χ3v) is 3.42. The first-order valence-corrected chi connectivity index (χ1v) is 7.72. The third-order valence-electron chi connectivity index (χ3n) is 3.42. The van der Waals surface area contributed by atoms with Gasteiger partial charge in [-0.25, -0.2) is 4.79 Å². The lowest BCUT2D eigenvalue weighted by molar-refractivity contribution is -0.154. The van der Waals surface area contributed by atoms with Gasteiger partial charge in [-0.05, 0) is 24.6 Å². The molecule has 2 aromatic carbocycles. The molecule has 1 amide bonds. The van der Waals surface area contributed by atoms with Crippen molar-refractivity contribution in [2.75, 3.05) is 6.61 Å². The van der Waals surface area contributed by atoms with Crippen LogP contribution in [0.1, 0.15) is 22.8 Å². The second-order valence-electron chi connectivity index (χ2n) is 5.17. The number of esters is 1. The number of ketones is 1. The first-order chi connectivity index (χ1) is 11.6. The molecular weight excluding hydrogens is 306 g/mol. The Labute approximate surface area is 140 Å². The molecule has 0 saturated carbocycles. The van der Waals surface area contributed by atoms with Gasteiger partial charge in [0.25, 0.3) is 11.7 Å². The molecule has 0 bridgehead atoms. The molecule has 2 aromatic rings. The van der Waals surface area contributed by atoms with E-state index in [9.17, 15) is 14.4 Å². The van der Waals surface area contributed by atoms with Gasteiger partial charge >= 0.3 is 5.97 Å². The predicted molar refractivity (Wildman–Crippen MR) is 89.5 cm³/mol. The monoisotopic (exact) mass is 325 g/mol. The maximum atomic E-state index is 12.3. The lowest BCUT2D eigenvalue weighted by Gasteiger charge is -2.17. The highest BCUT2D eigenvalue weighted by molar-refractivity contribution is 6.36. The van der Waals surface area contributed by atoms with Gasteiger partial charge in [0, 0.05) is 12.0 Å². The van der Waals surface area contributed by atoms with Crippen LogP contribution in [-0.4, -0.2) is 30.3 Å². The molecule has 124 valence electrons. The molecule has 5 nitrogen and oxygen atoms in total. The Bertz CT molecular complexity index is 698. The largest absolute Gasteiger partial charge is 0.460 e. The van der Waals surface area contributed by atoms with Crippen molar-refractivity contribution in [2.45, 2.75) is 19.4 Å². The minimum absolute atomic E-state index is 0.106. The van der Waals surface area contributed by atoms with Crippen molar-refractivity contribution in [3.8, 4) is 0 Å². The van der Waals surface area contributed by atoms with Crippen LogP contribution >= 0.6 is 0 Å². The molecular formula is C19H19NO4. The molecule has 24 heavy (non-hydrogen) atoms. The maximum absolute atomic E-state index is 12.3. The van der Waals surface area contributed by atoms with Crippen molar-refractivity contribution in [3.05, 3.63) is 71.8 Å². The highest BCUT2D eigenvalue weighted by Gasteiger charge is 2.28.